The van der Waals surface area contributed by atoms with E-state index < -0.39 is 0 Å². The van der Waals surface area contributed by atoms with Crippen molar-refractivity contribution in [2.75, 3.05) is 33.0 Å². The summed E-state index contributed by atoms with van der Waals surface area (Å²) < 4.78 is 10.8. The van der Waals surface area contributed by atoms with Gasteiger partial charge in [0.15, 0.2) is 11.5 Å². The first kappa shape index (κ1) is 15.7. The molecule has 23 heavy (non-hydrogen) atoms. The predicted octanol–water partition coefficient (Wildman–Crippen LogP) is 2.89. The number of rotatable bonds is 5. The van der Waals surface area contributed by atoms with Crippen LogP contribution in [0.1, 0.15) is 16.7 Å². The summed E-state index contributed by atoms with van der Waals surface area (Å²) in [5.74, 6) is 1.63. The zero-order valence-corrected chi connectivity index (χ0v) is 13.8. The zero-order valence-electron chi connectivity index (χ0n) is 13.8. The van der Waals surface area contributed by atoms with Crippen molar-refractivity contribution in [3.63, 3.8) is 0 Å². The fourth-order valence-electron chi connectivity index (χ4n) is 3.17. The topological polar surface area (TPSA) is 47.7 Å². The number of nitrogens with zero attached hydrogens (tertiary/aromatic N) is 1. The van der Waals surface area contributed by atoms with Gasteiger partial charge in [0.1, 0.15) is 0 Å². The van der Waals surface area contributed by atoms with E-state index >= 15 is 0 Å². The van der Waals surface area contributed by atoms with Gasteiger partial charge in [-0.15, -0.1) is 0 Å². The van der Waals surface area contributed by atoms with Crippen molar-refractivity contribution in [2.45, 2.75) is 19.4 Å². The molecule has 0 bridgehead atoms. The zero-order chi connectivity index (χ0) is 16.2. The molecule has 1 heterocycles. The molecular formula is C19H24N2O2. The third kappa shape index (κ3) is 3.59. The maximum Gasteiger partial charge on any atom is 0.161 e. The molecule has 0 aromatic heterocycles. The van der Waals surface area contributed by atoms with Gasteiger partial charge in [0.05, 0.1) is 14.2 Å². The minimum atomic E-state index is 0.809. The third-order valence-electron chi connectivity index (χ3n) is 4.46. The molecule has 0 radical (unpaired) electrons. The molecule has 0 atom stereocenters. The van der Waals surface area contributed by atoms with E-state index in [2.05, 4.69) is 29.2 Å². The van der Waals surface area contributed by atoms with E-state index in [0.717, 1.165) is 49.7 Å². The Bertz CT molecular complexity index is 685. The van der Waals surface area contributed by atoms with Crippen LogP contribution in [0.3, 0.4) is 0 Å². The Labute approximate surface area is 137 Å². The Morgan fingerprint density at radius 3 is 2.48 bits per heavy atom. The highest BCUT2D eigenvalue weighted by Crippen LogP contribution is 2.33. The van der Waals surface area contributed by atoms with E-state index in [-0.39, 0.29) is 0 Å². The van der Waals surface area contributed by atoms with E-state index in [0.29, 0.717) is 0 Å². The Kier molecular flexibility index (Phi) is 4.72. The summed E-state index contributed by atoms with van der Waals surface area (Å²) in [6, 6.07) is 12.4. The lowest BCUT2D eigenvalue weighted by molar-refractivity contribution is 0.255. The molecule has 1 aliphatic heterocycles. The molecule has 0 saturated heterocycles. The first-order valence-electron chi connectivity index (χ1n) is 8.00. The lowest BCUT2D eigenvalue weighted by Gasteiger charge is -2.29. The SMILES string of the molecule is COc1cc2c(cc1OC)CN(CCc1cccc(N)c1)CC2. The summed E-state index contributed by atoms with van der Waals surface area (Å²) >= 11 is 0. The third-order valence-corrected chi connectivity index (χ3v) is 4.46. The van der Waals surface area contributed by atoms with Crippen LogP contribution in [0.25, 0.3) is 0 Å². The van der Waals surface area contributed by atoms with Crippen LogP contribution in [-0.2, 0) is 19.4 Å². The largest absolute Gasteiger partial charge is 0.493 e. The fourth-order valence-corrected chi connectivity index (χ4v) is 3.17. The van der Waals surface area contributed by atoms with Gasteiger partial charge in [0.25, 0.3) is 0 Å². The number of nitrogens with two attached hydrogens (primary N) is 1. The molecule has 3 rings (SSSR count). The van der Waals surface area contributed by atoms with Crippen molar-refractivity contribution in [3.05, 3.63) is 53.1 Å². The lowest BCUT2D eigenvalue weighted by Crippen LogP contribution is -2.32. The number of hydrogen-bond donors (Lipinski definition) is 1. The maximum absolute atomic E-state index is 5.85. The Hall–Kier alpha value is -2.20. The van der Waals surface area contributed by atoms with Gasteiger partial charge in [-0.3, -0.25) is 4.90 Å². The molecule has 2 aromatic rings. The second-order valence-corrected chi connectivity index (χ2v) is 6.00. The molecule has 0 unspecified atom stereocenters. The van der Waals surface area contributed by atoms with Gasteiger partial charge in [0, 0.05) is 25.3 Å². The summed E-state index contributed by atoms with van der Waals surface area (Å²) in [5.41, 5.74) is 10.7. The summed E-state index contributed by atoms with van der Waals surface area (Å²) in [6.45, 7) is 3.07. The van der Waals surface area contributed by atoms with Crippen LogP contribution in [0.2, 0.25) is 0 Å². The van der Waals surface area contributed by atoms with Gasteiger partial charge in [-0.05, 0) is 53.8 Å². The molecule has 4 heteroatoms. The number of nitrogen functional groups attached to an aromatic ring is 1. The van der Waals surface area contributed by atoms with Crippen LogP contribution in [0.15, 0.2) is 36.4 Å². The van der Waals surface area contributed by atoms with Gasteiger partial charge < -0.3 is 15.2 Å². The second-order valence-electron chi connectivity index (χ2n) is 6.00. The standard InChI is InChI=1S/C19H24N2O2/c1-22-18-11-15-7-9-21(13-16(15)12-19(18)23-2)8-6-14-4-3-5-17(20)10-14/h3-5,10-12H,6-9,13,20H2,1-2H3. The van der Waals surface area contributed by atoms with Crippen molar-refractivity contribution in [1.82, 2.24) is 4.90 Å². The number of hydrogen-bond acceptors (Lipinski definition) is 4. The highest BCUT2D eigenvalue weighted by molar-refractivity contribution is 5.48. The molecule has 4 nitrogen and oxygen atoms in total. The molecule has 2 aromatic carbocycles. The molecule has 0 amide bonds. The number of methoxy groups -OCH3 is 2. The first-order valence-corrected chi connectivity index (χ1v) is 8.00. The maximum atomic E-state index is 5.85. The van der Waals surface area contributed by atoms with Gasteiger partial charge in [-0.2, -0.15) is 0 Å². The van der Waals surface area contributed by atoms with Crippen LogP contribution >= 0.6 is 0 Å². The molecule has 0 spiro atoms. The highest BCUT2D eigenvalue weighted by atomic mass is 16.5. The number of anilines is 1. The minimum absolute atomic E-state index is 0.809. The smallest absolute Gasteiger partial charge is 0.161 e. The van der Waals surface area contributed by atoms with Crippen LogP contribution in [0.4, 0.5) is 5.69 Å². The lowest BCUT2D eigenvalue weighted by atomic mass is 9.98. The first-order chi connectivity index (χ1) is 11.2. The van der Waals surface area contributed by atoms with E-state index in [1.54, 1.807) is 14.2 Å². The number of benzene rings is 2. The van der Waals surface area contributed by atoms with Gasteiger partial charge in [-0.1, -0.05) is 12.1 Å². The average Bonchev–Trinajstić information content (AvgIpc) is 2.58. The molecule has 0 aliphatic carbocycles. The van der Waals surface area contributed by atoms with Gasteiger partial charge >= 0.3 is 0 Å². The van der Waals surface area contributed by atoms with Crippen molar-refractivity contribution in [2.24, 2.45) is 0 Å². The molecule has 1 aliphatic rings. The molecule has 122 valence electrons. The summed E-state index contributed by atoms with van der Waals surface area (Å²) in [7, 11) is 3.37. The predicted molar refractivity (Wildman–Crippen MR) is 93.1 cm³/mol. The number of ether oxygens (including phenoxy) is 2. The molecule has 0 fully saturated rings. The van der Waals surface area contributed by atoms with Gasteiger partial charge in [0.2, 0.25) is 0 Å². The summed E-state index contributed by atoms with van der Waals surface area (Å²) in [5, 5.41) is 0. The van der Waals surface area contributed by atoms with Crippen LogP contribution in [0.5, 0.6) is 11.5 Å². The van der Waals surface area contributed by atoms with Crippen molar-refractivity contribution < 1.29 is 9.47 Å². The summed E-state index contributed by atoms with van der Waals surface area (Å²) in [4.78, 5) is 2.48. The number of fused-ring (bicyclic) bond motifs is 1. The minimum Gasteiger partial charge on any atom is -0.493 e. The summed E-state index contributed by atoms with van der Waals surface area (Å²) in [6.07, 6.45) is 2.07. The Balaban J connectivity index is 1.67. The van der Waals surface area contributed by atoms with Crippen molar-refractivity contribution >= 4 is 5.69 Å². The van der Waals surface area contributed by atoms with Crippen LogP contribution in [0, 0.1) is 0 Å². The van der Waals surface area contributed by atoms with Crippen molar-refractivity contribution in [3.8, 4) is 11.5 Å². The normalized spacial score (nSPS) is 14.3. The molecule has 2 N–H and O–H groups in total. The van der Waals surface area contributed by atoms with E-state index in [1.165, 1.54) is 16.7 Å². The quantitative estimate of drug-likeness (QED) is 0.863. The Morgan fingerprint density at radius 2 is 1.78 bits per heavy atom. The van der Waals surface area contributed by atoms with Gasteiger partial charge in [-0.25, -0.2) is 0 Å². The van der Waals surface area contributed by atoms with Crippen molar-refractivity contribution in [1.29, 1.82) is 0 Å². The van der Waals surface area contributed by atoms with E-state index in [4.69, 9.17) is 15.2 Å². The van der Waals surface area contributed by atoms with Crippen LogP contribution in [-0.4, -0.2) is 32.2 Å². The average molecular weight is 312 g/mol. The van der Waals surface area contributed by atoms with Crippen LogP contribution < -0.4 is 15.2 Å². The Morgan fingerprint density at radius 1 is 1.04 bits per heavy atom. The second kappa shape index (κ2) is 6.92. The fraction of sp³-hybridized carbons (Fsp3) is 0.368. The van der Waals surface area contributed by atoms with E-state index in [9.17, 15) is 0 Å². The van der Waals surface area contributed by atoms with E-state index in [1.807, 2.05) is 12.1 Å². The molecular weight excluding hydrogens is 288 g/mol. The monoisotopic (exact) mass is 312 g/mol. The highest BCUT2D eigenvalue weighted by Gasteiger charge is 2.19. The molecule has 0 saturated carbocycles.